The van der Waals surface area contributed by atoms with E-state index < -0.39 is 9.84 Å². The van der Waals surface area contributed by atoms with Gasteiger partial charge in [-0.2, -0.15) is 0 Å². The summed E-state index contributed by atoms with van der Waals surface area (Å²) in [5.41, 5.74) is 2.16. The number of nitrogens with zero attached hydrogens (tertiary/aromatic N) is 4. The van der Waals surface area contributed by atoms with E-state index in [0.29, 0.717) is 39.9 Å². The molecular weight excluding hydrogens is 408 g/mol. The van der Waals surface area contributed by atoms with Crippen LogP contribution in [0.15, 0.2) is 53.8 Å². The van der Waals surface area contributed by atoms with E-state index in [1.54, 1.807) is 17.7 Å². The summed E-state index contributed by atoms with van der Waals surface area (Å²) in [5.74, 6) is 2.84. The maximum Gasteiger partial charge on any atom is 0.248 e. The van der Waals surface area contributed by atoms with Crippen LogP contribution in [0.2, 0.25) is 0 Å². The van der Waals surface area contributed by atoms with E-state index in [1.165, 1.54) is 6.20 Å². The molecule has 9 nitrogen and oxygen atoms in total. The minimum Gasteiger partial charge on any atom is -0.497 e. The van der Waals surface area contributed by atoms with Crippen LogP contribution in [0, 0.1) is 0 Å². The van der Waals surface area contributed by atoms with Gasteiger partial charge in [-0.25, -0.2) is 23.4 Å². The number of methoxy groups -OCH3 is 1. The van der Waals surface area contributed by atoms with Crippen LogP contribution in [0.25, 0.3) is 28.2 Å². The second kappa shape index (κ2) is 6.70. The van der Waals surface area contributed by atoms with Gasteiger partial charge in [-0.15, -0.1) is 0 Å². The molecule has 3 heterocycles. The number of sulfone groups is 1. The van der Waals surface area contributed by atoms with Crippen molar-refractivity contribution in [3.8, 4) is 34.5 Å². The molecule has 2 aromatic heterocycles. The Balaban J connectivity index is 1.80. The van der Waals surface area contributed by atoms with E-state index in [-0.39, 0.29) is 11.9 Å². The summed E-state index contributed by atoms with van der Waals surface area (Å²) in [6.07, 6.45) is 2.48. The van der Waals surface area contributed by atoms with Crippen LogP contribution in [0.4, 0.5) is 0 Å². The second-order valence-corrected chi connectivity index (χ2v) is 8.57. The summed E-state index contributed by atoms with van der Waals surface area (Å²) in [4.78, 5) is 12.9. The lowest BCUT2D eigenvalue weighted by Crippen LogP contribution is -2.08. The first-order chi connectivity index (χ1) is 14.4. The number of hydrogen-bond acceptors (Lipinski definition) is 8. The summed E-state index contributed by atoms with van der Waals surface area (Å²) in [5, 5.41) is -0.263. The van der Waals surface area contributed by atoms with Crippen LogP contribution in [0.3, 0.4) is 0 Å². The summed E-state index contributed by atoms with van der Waals surface area (Å²) in [7, 11) is -2.01. The van der Waals surface area contributed by atoms with Crippen molar-refractivity contribution in [3.63, 3.8) is 0 Å². The van der Waals surface area contributed by atoms with E-state index in [4.69, 9.17) is 19.2 Å². The van der Waals surface area contributed by atoms with Gasteiger partial charge >= 0.3 is 0 Å². The van der Waals surface area contributed by atoms with E-state index in [0.717, 1.165) is 11.8 Å². The molecule has 0 fully saturated rings. The van der Waals surface area contributed by atoms with Crippen LogP contribution in [0.5, 0.6) is 17.2 Å². The van der Waals surface area contributed by atoms with Crippen LogP contribution in [-0.4, -0.2) is 48.1 Å². The van der Waals surface area contributed by atoms with Gasteiger partial charge in [-0.3, -0.25) is 4.57 Å². The van der Waals surface area contributed by atoms with E-state index in [2.05, 4.69) is 9.97 Å². The normalized spacial score (nSPS) is 13.0. The van der Waals surface area contributed by atoms with Gasteiger partial charge in [0.2, 0.25) is 21.8 Å². The monoisotopic (exact) mass is 424 g/mol. The number of aromatic nitrogens is 4. The fraction of sp³-hybridized carbons (Fsp3) is 0.150. The minimum absolute atomic E-state index is 0.163. The third-order valence-corrected chi connectivity index (χ3v) is 5.53. The fourth-order valence-electron chi connectivity index (χ4n) is 3.28. The third-order valence-electron chi connectivity index (χ3n) is 4.67. The number of rotatable bonds is 4. The van der Waals surface area contributed by atoms with Gasteiger partial charge in [0, 0.05) is 24.1 Å². The Morgan fingerprint density at radius 3 is 2.67 bits per heavy atom. The topological polar surface area (TPSA) is 105 Å². The minimum atomic E-state index is -3.59. The van der Waals surface area contributed by atoms with E-state index in [9.17, 15) is 8.42 Å². The number of ether oxygens (including phenoxy) is 3. The van der Waals surface area contributed by atoms with Crippen molar-refractivity contribution in [2.45, 2.75) is 5.16 Å². The molecule has 152 valence electrons. The summed E-state index contributed by atoms with van der Waals surface area (Å²) in [6, 6.07) is 12.6. The van der Waals surface area contributed by atoms with Crippen molar-refractivity contribution in [2.75, 3.05) is 20.2 Å². The molecule has 0 saturated heterocycles. The number of imidazole rings is 1. The van der Waals surface area contributed by atoms with Crippen LogP contribution in [0.1, 0.15) is 0 Å². The SMILES string of the molecule is COc1ccc2nc(-c3ccc4c(c3)OCO4)n(-c3ccnc(S(C)(=O)=O)n3)c2c1. The van der Waals surface area contributed by atoms with Crippen LogP contribution in [-0.2, 0) is 9.84 Å². The second-order valence-electron chi connectivity index (χ2n) is 6.66. The van der Waals surface area contributed by atoms with E-state index >= 15 is 0 Å². The van der Waals surface area contributed by atoms with Crippen molar-refractivity contribution < 1.29 is 22.6 Å². The zero-order chi connectivity index (χ0) is 20.9. The molecule has 0 atom stereocenters. The Bertz CT molecular complexity index is 1400. The molecule has 0 radical (unpaired) electrons. The van der Waals surface area contributed by atoms with Gasteiger partial charge in [-0.05, 0) is 36.4 Å². The lowest BCUT2D eigenvalue weighted by Gasteiger charge is -2.10. The quantitative estimate of drug-likeness (QED) is 0.461. The molecular formula is C20H16N4O5S. The standard InChI is InChI=1S/C20H16N4O5S/c1-27-13-4-5-14-15(10-13)24(18-7-8-21-20(23-18)30(2,25)26)19(22-14)12-3-6-16-17(9-12)29-11-28-16/h3-10H,11H2,1-2H3. The first kappa shape index (κ1) is 18.4. The molecule has 0 unspecified atom stereocenters. The first-order valence-corrected chi connectivity index (χ1v) is 10.8. The average molecular weight is 424 g/mol. The maximum absolute atomic E-state index is 12.0. The molecule has 10 heteroatoms. The number of fused-ring (bicyclic) bond motifs is 2. The summed E-state index contributed by atoms with van der Waals surface area (Å²) >= 11 is 0. The molecule has 2 aromatic carbocycles. The van der Waals surface area contributed by atoms with Gasteiger partial charge in [-0.1, -0.05) is 0 Å². The van der Waals surface area contributed by atoms with E-state index in [1.807, 2.05) is 36.4 Å². The van der Waals surface area contributed by atoms with Crippen molar-refractivity contribution in [1.82, 2.24) is 19.5 Å². The smallest absolute Gasteiger partial charge is 0.248 e. The highest BCUT2D eigenvalue weighted by Gasteiger charge is 2.21. The van der Waals surface area contributed by atoms with Crippen molar-refractivity contribution in [2.24, 2.45) is 0 Å². The van der Waals surface area contributed by atoms with Crippen LogP contribution < -0.4 is 14.2 Å². The lowest BCUT2D eigenvalue weighted by molar-refractivity contribution is 0.174. The van der Waals surface area contributed by atoms with Gasteiger partial charge < -0.3 is 14.2 Å². The Morgan fingerprint density at radius 1 is 1.03 bits per heavy atom. The molecule has 1 aliphatic rings. The predicted octanol–water partition coefficient (Wildman–Crippen LogP) is 2.62. The molecule has 0 N–H and O–H groups in total. The van der Waals surface area contributed by atoms with Gasteiger partial charge in [0.25, 0.3) is 0 Å². The lowest BCUT2D eigenvalue weighted by atomic mass is 10.2. The average Bonchev–Trinajstić information content (AvgIpc) is 3.36. The van der Waals surface area contributed by atoms with Crippen molar-refractivity contribution in [1.29, 1.82) is 0 Å². The van der Waals surface area contributed by atoms with Gasteiger partial charge in [0.1, 0.15) is 17.4 Å². The number of hydrogen-bond donors (Lipinski definition) is 0. The molecule has 4 aromatic rings. The Morgan fingerprint density at radius 2 is 1.87 bits per heavy atom. The number of benzene rings is 2. The third kappa shape index (κ3) is 3.01. The molecule has 0 saturated carbocycles. The Kier molecular flexibility index (Phi) is 4.10. The molecule has 5 rings (SSSR count). The van der Waals surface area contributed by atoms with Crippen molar-refractivity contribution in [3.05, 3.63) is 48.7 Å². The summed E-state index contributed by atoms with van der Waals surface area (Å²) in [6.45, 7) is 0.163. The van der Waals surface area contributed by atoms with Gasteiger partial charge in [0.05, 0.1) is 18.1 Å². The molecule has 1 aliphatic heterocycles. The van der Waals surface area contributed by atoms with Crippen molar-refractivity contribution >= 4 is 20.9 Å². The highest BCUT2D eigenvalue weighted by molar-refractivity contribution is 7.90. The zero-order valence-electron chi connectivity index (χ0n) is 16.1. The maximum atomic E-state index is 12.0. The Hall–Kier alpha value is -3.66. The van der Waals surface area contributed by atoms with Gasteiger partial charge in [0.15, 0.2) is 11.5 Å². The van der Waals surface area contributed by atoms with Crippen LogP contribution >= 0.6 is 0 Å². The molecule has 0 amide bonds. The predicted molar refractivity (Wildman–Crippen MR) is 108 cm³/mol. The Labute approximate surface area is 171 Å². The zero-order valence-corrected chi connectivity index (χ0v) is 16.9. The first-order valence-electron chi connectivity index (χ1n) is 8.94. The highest BCUT2D eigenvalue weighted by Crippen LogP contribution is 2.37. The highest BCUT2D eigenvalue weighted by atomic mass is 32.2. The molecule has 0 bridgehead atoms. The fourth-order valence-corrected chi connectivity index (χ4v) is 3.79. The molecule has 30 heavy (non-hydrogen) atoms. The summed E-state index contributed by atoms with van der Waals surface area (Å²) < 4.78 is 42.0. The molecule has 0 spiro atoms. The largest absolute Gasteiger partial charge is 0.497 e. The molecule has 0 aliphatic carbocycles.